The number of aryl methyl sites for hydroxylation is 1. The minimum absolute atomic E-state index is 0.0707. The molecule has 2 heterocycles. The van der Waals surface area contributed by atoms with E-state index in [1.807, 2.05) is 0 Å². The molecule has 0 fully saturated rings. The van der Waals surface area contributed by atoms with Crippen LogP contribution in [0.4, 0.5) is 5.13 Å². The first-order valence-corrected chi connectivity index (χ1v) is 7.07. The summed E-state index contributed by atoms with van der Waals surface area (Å²) >= 11 is 1.23. The van der Waals surface area contributed by atoms with Crippen molar-refractivity contribution < 1.29 is 19.4 Å². The standard InChI is InChI=1S/C14H12N2O4S/c1-6-12(21-14(15-6)16-7(2)17)11-9-5-8(18)3-4-10(9)20-13(11)19/h3-5,11,18H,1-2H3,(H,15,16,17). The summed E-state index contributed by atoms with van der Waals surface area (Å²) in [5, 5.41) is 12.7. The summed E-state index contributed by atoms with van der Waals surface area (Å²) in [4.78, 5) is 28.2. The number of aromatic hydroxyl groups is 1. The lowest BCUT2D eigenvalue weighted by molar-refractivity contribution is -0.133. The summed E-state index contributed by atoms with van der Waals surface area (Å²) in [6.07, 6.45) is 0. The smallest absolute Gasteiger partial charge is 0.324 e. The monoisotopic (exact) mass is 304 g/mol. The number of nitrogens with zero attached hydrogens (tertiary/aromatic N) is 1. The summed E-state index contributed by atoms with van der Waals surface area (Å²) in [5.74, 6) is -0.732. The maximum absolute atomic E-state index is 12.1. The molecule has 0 saturated carbocycles. The molecule has 2 N–H and O–H groups in total. The predicted molar refractivity (Wildman–Crippen MR) is 76.7 cm³/mol. The van der Waals surface area contributed by atoms with Gasteiger partial charge in [0.15, 0.2) is 5.13 Å². The molecule has 1 amide bonds. The Labute approximate surface area is 124 Å². The van der Waals surface area contributed by atoms with Crippen molar-refractivity contribution in [3.8, 4) is 11.5 Å². The van der Waals surface area contributed by atoms with Crippen molar-refractivity contribution >= 4 is 28.3 Å². The summed E-state index contributed by atoms with van der Waals surface area (Å²) in [5.41, 5.74) is 1.27. The van der Waals surface area contributed by atoms with Crippen molar-refractivity contribution in [3.05, 3.63) is 34.3 Å². The second-order valence-electron chi connectivity index (χ2n) is 4.73. The topological polar surface area (TPSA) is 88.5 Å². The van der Waals surface area contributed by atoms with E-state index < -0.39 is 11.9 Å². The van der Waals surface area contributed by atoms with Crippen LogP contribution in [0.25, 0.3) is 0 Å². The van der Waals surface area contributed by atoms with Crippen LogP contribution in [0.5, 0.6) is 11.5 Å². The number of esters is 1. The molecule has 1 unspecified atom stereocenters. The SMILES string of the molecule is CC(=O)Nc1nc(C)c(C2C(=O)Oc3ccc(O)cc32)s1. The third kappa shape index (κ3) is 2.36. The lowest BCUT2D eigenvalue weighted by Crippen LogP contribution is -2.11. The Bertz CT molecular complexity index is 753. The van der Waals surface area contributed by atoms with E-state index >= 15 is 0 Å². The van der Waals surface area contributed by atoms with Crippen LogP contribution in [-0.4, -0.2) is 22.0 Å². The molecule has 1 aliphatic heterocycles. The molecule has 0 saturated heterocycles. The Balaban J connectivity index is 2.05. The molecule has 1 aromatic carbocycles. The number of rotatable bonds is 2. The number of carbonyl (C=O) groups excluding carboxylic acids is 2. The number of benzene rings is 1. The van der Waals surface area contributed by atoms with Crippen molar-refractivity contribution in [2.24, 2.45) is 0 Å². The van der Waals surface area contributed by atoms with Crippen molar-refractivity contribution in [2.75, 3.05) is 5.32 Å². The zero-order valence-electron chi connectivity index (χ0n) is 11.3. The highest BCUT2D eigenvalue weighted by Gasteiger charge is 2.37. The lowest BCUT2D eigenvalue weighted by atomic mass is 9.98. The highest BCUT2D eigenvalue weighted by molar-refractivity contribution is 7.16. The molecule has 1 aromatic heterocycles. The van der Waals surface area contributed by atoms with Gasteiger partial charge >= 0.3 is 5.97 Å². The van der Waals surface area contributed by atoms with Crippen LogP contribution in [0, 0.1) is 6.92 Å². The van der Waals surface area contributed by atoms with Crippen LogP contribution in [0.3, 0.4) is 0 Å². The van der Waals surface area contributed by atoms with Crippen molar-refractivity contribution in [2.45, 2.75) is 19.8 Å². The number of nitrogens with one attached hydrogen (secondary N) is 1. The molecule has 0 bridgehead atoms. The summed E-state index contributed by atoms with van der Waals surface area (Å²) in [6.45, 7) is 3.17. The molecular weight excluding hydrogens is 292 g/mol. The number of hydrogen-bond donors (Lipinski definition) is 2. The van der Waals surface area contributed by atoms with Gasteiger partial charge in [0.25, 0.3) is 0 Å². The second kappa shape index (κ2) is 4.85. The van der Waals surface area contributed by atoms with E-state index in [1.165, 1.54) is 30.4 Å². The van der Waals surface area contributed by atoms with Crippen LogP contribution in [0.15, 0.2) is 18.2 Å². The van der Waals surface area contributed by atoms with Crippen LogP contribution in [-0.2, 0) is 9.59 Å². The van der Waals surface area contributed by atoms with Gasteiger partial charge in [0.1, 0.15) is 17.4 Å². The lowest BCUT2D eigenvalue weighted by Gasteiger charge is -2.05. The molecular formula is C14H12N2O4S. The van der Waals surface area contributed by atoms with E-state index in [2.05, 4.69) is 10.3 Å². The van der Waals surface area contributed by atoms with E-state index in [4.69, 9.17) is 4.74 Å². The average molecular weight is 304 g/mol. The minimum Gasteiger partial charge on any atom is -0.508 e. The number of thiazole rings is 1. The third-order valence-electron chi connectivity index (χ3n) is 3.13. The van der Waals surface area contributed by atoms with Gasteiger partial charge in [0, 0.05) is 17.4 Å². The summed E-state index contributed by atoms with van der Waals surface area (Å²) in [6, 6.07) is 4.55. The van der Waals surface area contributed by atoms with Gasteiger partial charge < -0.3 is 15.2 Å². The fraction of sp³-hybridized carbons (Fsp3) is 0.214. The number of anilines is 1. The fourth-order valence-corrected chi connectivity index (χ4v) is 3.40. The molecule has 6 nitrogen and oxygen atoms in total. The molecule has 7 heteroatoms. The van der Waals surface area contributed by atoms with Gasteiger partial charge in [0.05, 0.1) is 5.69 Å². The first kappa shape index (κ1) is 13.6. The number of aromatic nitrogens is 1. The van der Waals surface area contributed by atoms with Gasteiger partial charge in [0.2, 0.25) is 5.91 Å². The van der Waals surface area contributed by atoms with E-state index in [1.54, 1.807) is 13.0 Å². The Morgan fingerprint density at radius 2 is 2.24 bits per heavy atom. The molecule has 0 aliphatic carbocycles. The number of amides is 1. The fourth-order valence-electron chi connectivity index (χ4n) is 2.28. The zero-order chi connectivity index (χ0) is 15.1. The van der Waals surface area contributed by atoms with Crippen LogP contribution < -0.4 is 10.1 Å². The molecule has 0 spiro atoms. The molecule has 3 rings (SSSR count). The Hall–Kier alpha value is -2.41. The maximum Gasteiger partial charge on any atom is 0.324 e. The highest BCUT2D eigenvalue weighted by Crippen LogP contribution is 2.44. The van der Waals surface area contributed by atoms with Gasteiger partial charge in [-0.3, -0.25) is 9.59 Å². The Morgan fingerprint density at radius 3 is 2.95 bits per heavy atom. The number of carbonyl (C=O) groups is 2. The maximum atomic E-state index is 12.1. The summed E-state index contributed by atoms with van der Waals surface area (Å²) in [7, 11) is 0. The summed E-state index contributed by atoms with van der Waals surface area (Å²) < 4.78 is 5.22. The molecule has 1 atom stereocenters. The molecule has 21 heavy (non-hydrogen) atoms. The Kier molecular flexibility index (Phi) is 3.13. The van der Waals surface area contributed by atoms with E-state index in [-0.39, 0.29) is 11.7 Å². The van der Waals surface area contributed by atoms with Crippen molar-refractivity contribution in [1.29, 1.82) is 0 Å². The highest BCUT2D eigenvalue weighted by atomic mass is 32.1. The van der Waals surface area contributed by atoms with Crippen LogP contribution >= 0.6 is 11.3 Å². The normalized spacial score (nSPS) is 16.5. The van der Waals surface area contributed by atoms with Gasteiger partial charge in [-0.1, -0.05) is 0 Å². The molecule has 108 valence electrons. The minimum atomic E-state index is -0.618. The third-order valence-corrected chi connectivity index (χ3v) is 4.27. The first-order chi connectivity index (χ1) is 9.95. The Morgan fingerprint density at radius 1 is 1.48 bits per heavy atom. The molecule has 2 aromatic rings. The predicted octanol–water partition coefficient (Wildman–Crippen LogP) is 2.17. The first-order valence-electron chi connectivity index (χ1n) is 6.25. The van der Waals surface area contributed by atoms with E-state index in [0.717, 1.165) is 0 Å². The van der Waals surface area contributed by atoms with Gasteiger partial charge in [-0.2, -0.15) is 0 Å². The van der Waals surface area contributed by atoms with Crippen LogP contribution in [0.2, 0.25) is 0 Å². The number of fused-ring (bicyclic) bond motifs is 1. The number of ether oxygens (including phenoxy) is 1. The zero-order valence-corrected chi connectivity index (χ0v) is 12.2. The average Bonchev–Trinajstić information content (AvgIpc) is 2.88. The molecule has 1 aliphatic rings. The van der Waals surface area contributed by atoms with E-state index in [0.29, 0.717) is 27.0 Å². The van der Waals surface area contributed by atoms with Crippen molar-refractivity contribution in [1.82, 2.24) is 4.98 Å². The number of hydrogen-bond acceptors (Lipinski definition) is 6. The van der Waals surface area contributed by atoms with Crippen LogP contribution in [0.1, 0.15) is 29.0 Å². The van der Waals surface area contributed by atoms with E-state index in [9.17, 15) is 14.7 Å². The van der Waals surface area contributed by atoms with Gasteiger partial charge in [-0.25, -0.2) is 4.98 Å². The molecule has 0 radical (unpaired) electrons. The number of phenolic OH excluding ortho intramolecular Hbond substituents is 1. The van der Waals surface area contributed by atoms with Crippen molar-refractivity contribution in [3.63, 3.8) is 0 Å². The van der Waals surface area contributed by atoms with Gasteiger partial charge in [-0.05, 0) is 25.1 Å². The quantitative estimate of drug-likeness (QED) is 0.655. The number of phenols is 1. The second-order valence-corrected chi connectivity index (χ2v) is 5.76. The largest absolute Gasteiger partial charge is 0.508 e. The van der Waals surface area contributed by atoms with Gasteiger partial charge in [-0.15, -0.1) is 11.3 Å².